The third-order valence-corrected chi connectivity index (χ3v) is 4.48. The summed E-state index contributed by atoms with van der Waals surface area (Å²) in [5.41, 5.74) is 6.15. The first kappa shape index (κ1) is 15.6. The van der Waals surface area contributed by atoms with Gasteiger partial charge in [-0.1, -0.05) is 90.5 Å². The topological polar surface area (TPSA) is 12.9 Å². The first-order valence-corrected chi connectivity index (χ1v) is 8.57. The van der Waals surface area contributed by atoms with Crippen LogP contribution in [0, 0.1) is 0 Å². The van der Waals surface area contributed by atoms with E-state index in [9.17, 15) is 0 Å². The van der Waals surface area contributed by atoms with E-state index in [1.54, 1.807) is 0 Å². The van der Waals surface area contributed by atoms with Crippen LogP contribution in [0.5, 0.6) is 0 Å². The Morgan fingerprint density at radius 1 is 0.520 bits per heavy atom. The van der Waals surface area contributed by atoms with Crippen molar-refractivity contribution in [3.8, 4) is 33.6 Å². The molecule has 0 radical (unpaired) electrons. The van der Waals surface area contributed by atoms with E-state index in [0.717, 1.165) is 38.7 Å². The fraction of sp³-hybridized carbons (Fsp3) is 0. The molecule has 0 aliphatic carbocycles. The van der Waals surface area contributed by atoms with E-state index in [4.69, 9.17) is 16.6 Å². The van der Waals surface area contributed by atoms with Crippen molar-refractivity contribution >= 4 is 11.6 Å². The van der Waals surface area contributed by atoms with Crippen LogP contribution in [0.15, 0.2) is 97.1 Å². The third-order valence-electron chi connectivity index (χ3n) is 4.15. The van der Waals surface area contributed by atoms with Gasteiger partial charge >= 0.3 is 0 Å². The maximum atomic E-state index is 6.44. The average molecular weight is 342 g/mol. The van der Waals surface area contributed by atoms with E-state index in [1.807, 2.05) is 60.7 Å². The lowest BCUT2D eigenvalue weighted by Gasteiger charge is -2.11. The number of hydrogen-bond acceptors (Lipinski definition) is 1. The number of hydrogen-bond donors (Lipinski definition) is 0. The number of nitrogens with zero attached hydrogens (tertiary/aromatic N) is 1. The van der Waals surface area contributed by atoms with Gasteiger partial charge in [-0.15, -0.1) is 0 Å². The van der Waals surface area contributed by atoms with Crippen LogP contribution in [0.25, 0.3) is 33.6 Å². The predicted octanol–water partition coefficient (Wildman–Crippen LogP) is 6.74. The average Bonchev–Trinajstić information content (AvgIpc) is 2.69. The van der Waals surface area contributed by atoms with E-state index < -0.39 is 0 Å². The first-order chi connectivity index (χ1) is 12.3. The highest BCUT2D eigenvalue weighted by atomic mass is 35.5. The minimum absolute atomic E-state index is 0.742. The minimum atomic E-state index is 0.742. The molecule has 4 rings (SSSR count). The molecule has 4 aromatic rings. The lowest BCUT2D eigenvalue weighted by atomic mass is 10.00. The molecule has 1 aromatic heterocycles. The second-order valence-electron chi connectivity index (χ2n) is 5.84. The summed E-state index contributed by atoms with van der Waals surface area (Å²) in [4.78, 5) is 4.89. The molecule has 0 fully saturated rings. The molecule has 0 bridgehead atoms. The second-order valence-corrected chi connectivity index (χ2v) is 6.25. The molecular formula is C23H16ClN. The Morgan fingerprint density at radius 3 is 1.52 bits per heavy atom. The fourth-order valence-corrected chi connectivity index (χ4v) is 3.14. The van der Waals surface area contributed by atoms with Gasteiger partial charge in [0.05, 0.1) is 11.4 Å². The third kappa shape index (κ3) is 3.33. The Balaban J connectivity index is 1.94. The van der Waals surface area contributed by atoms with Gasteiger partial charge in [-0.25, -0.2) is 4.98 Å². The summed E-state index contributed by atoms with van der Waals surface area (Å²) < 4.78 is 0. The summed E-state index contributed by atoms with van der Waals surface area (Å²) in [5, 5.41) is 0.742. The van der Waals surface area contributed by atoms with Crippen molar-refractivity contribution < 1.29 is 0 Å². The molecule has 0 saturated heterocycles. The van der Waals surface area contributed by atoms with E-state index in [2.05, 4.69) is 36.4 Å². The van der Waals surface area contributed by atoms with Crippen molar-refractivity contribution in [1.82, 2.24) is 4.98 Å². The van der Waals surface area contributed by atoms with Crippen LogP contribution in [-0.2, 0) is 0 Å². The number of aromatic nitrogens is 1. The Hall–Kier alpha value is -2.90. The molecule has 0 aliphatic heterocycles. The minimum Gasteiger partial charge on any atom is -0.248 e. The van der Waals surface area contributed by atoms with Crippen LogP contribution in [0.3, 0.4) is 0 Å². The van der Waals surface area contributed by atoms with Crippen LogP contribution < -0.4 is 0 Å². The summed E-state index contributed by atoms with van der Waals surface area (Å²) >= 11 is 6.44. The first-order valence-electron chi connectivity index (χ1n) is 8.19. The summed E-state index contributed by atoms with van der Waals surface area (Å²) in [5.74, 6) is 0. The Bertz CT molecular complexity index is 937. The van der Waals surface area contributed by atoms with Crippen molar-refractivity contribution in [2.75, 3.05) is 0 Å². The lowest BCUT2D eigenvalue weighted by molar-refractivity contribution is 1.32. The van der Waals surface area contributed by atoms with Crippen LogP contribution in [0.1, 0.15) is 0 Å². The molecule has 1 nitrogen and oxygen atoms in total. The quantitative estimate of drug-likeness (QED) is 0.402. The number of benzene rings is 3. The van der Waals surface area contributed by atoms with Crippen molar-refractivity contribution in [1.29, 1.82) is 0 Å². The predicted molar refractivity (Wildman–Crippen MR) is 106 cm³/mol. The van der Waals surface area contributed by atoms with E-state index in [1.165, 1.54) is 0 Å². The van der Waals surface area contributed by atoms with E-state index >= 15 is 0 Å². The monoisotopic (exact) mass is 341 g/mol. The van der Waals surface area contributed by atoms with E-state index in [0.29, 0.717) is 0 Å². The van der Waals surface area contributed by atoms with Gasteiger partial charge in [-0.2, -0.15) is 0 Å². The van der Waals surface area contributed by atoms with Gasteiger partial charge in [-0.05, 0) is 23.8 Å². The van der Waals surface area contributed by atoms with Crippen molar-refractivity contribution in [3.63, 3.8) is 0 Å². The second kappa shape index (κ2) is 6.92. The van der Waals surface area contributed by atoms with Gasteiger partial charge in [0.1, 0.15) is 0 Å². The largest absolute Gasteiger partial charge is 0.248 e. The number of rotatable bonds is 3. The SMILES string of the molecule is Clc1ccccc1-c1cc(-c2ccccc2)nc(-c2ccccc2)c1. The number of halogens is 1. The van der Waals surface area contributed by atoms with Gasteiger partial charge in [0.2, 0.25) is 0 Å². The summed E-state index contributed by atoms with van der Waals surface area (Å²) in [6, 6.07) is 32.6. The maximum Gasteiger partial charge on any atom is 0.0715 e. The molecular weight excluding hydrogens is 326 g/mol. The lowest BCUT2D eigenvalue weighted by Crippen LogP contribution is -1.91. The van der Waals surface area contributed by atoms with Crippen LogP contribution >= 0.6 is 11.6 Å². The molecule has 0 amide bonds. The van der Waals surface area contributed by atoms with Crippen molar-refractivity contribution in [2.24, 2.45) is 0 Å². The molecule has 2 heteroatoms. The van der Waals surface area contributed by atoms with Gasteiger partial charge < -0.3 is 0 Å². The Kier molecular flexibility index (Phi) is 4.32. The summed E-state index contributed by atoms with van der Waals surface area (Å²) in [6.07, 6.45) is 0. The normalized spacial score (nSPS) is 10.6. The molecule has 25 heavy (non-hydrogen) atoms. The highest BCUT2D eigenvalue weighted by Gasteiger charge is 2.10. The van der Waals surface area contributed by atoms with Crippen LogP contribution in [0.2, 0.25) is 5.02 Å². The van der Waals surface area contributed by atoms with Gasteiger partial charge in [0.25, 0.3) is 0 Å². The molecule has 120 valence electrons. The zero-order valence-electron chi connectivity index (χ0n) is 13.6. The van der Waals surface area contributed by atoms with Gasteiger partial charge in [-0.3, -0.25) is 0 Å². The van der Waals surface area contributed by atoms with Crippen LogP contribution in [-0.4, -0.2) is 4.98 Å². The fourth-order valence-electron chi connectivity index (χ4n) is 2.89. The van der Waals surface area contributed by atoms with Gasteiger partial charge in [0.15, 0.2) is 0 Å². The molecule has 0 saturated carbocycles. The zero-order chi connectivity index (χ0) is 17.1. The number of pyridine rings is 1. The Morgan fingerprint density at radius 2 is 1.00 bits per heavy atom. The summed E-state index contributed by atoms with van der Waals surface area (Å²) in [6.45, 7) is 0. The molecule has 1 heterocycles. The maximum absolute atomic E-state index is 6.44. The highest BCUT2D eigenvalue weighted by Crippen LogP contribution is 2.33. The molecule has 0 unspecified atom stereocenters. The van der Waals surface area contributed by atoms with Gasteiger partial charge in [0, 0.05) is 21.7 Å². The van der Waals surface area contributed by atoms with Crippen molar-refractivity contribution in [2.45, 2.75) is 0 Å². The summed E-state index contributed by atoms with van der Waals surface area (Å²) in [7, 11) is 0. The molecule has 0 N–H and O–H groups in total. The molecule has 0 spiro atoms. The smallest absolute Gasteiger partial charge is 0.0715 e. The zero-order valence-corrected chi connectivity index (χ0v) is 14.3. The Labute approximate surface area is 152 Å². The molecule has 3 aromatic carbocycles. The standard InChI is InChI=1S/C23H16ClN/c24-21-14-8-7-13-20(21)19-15-22(17-9-3-1-4-10-17)25-23(16-19)18-11-5-2-6-12-18/h1-16H. The molecule has 0 atom stereocenters. The highest BCUT2D eigenvalue weighted by molar-refractivity contribution is 6.33. The van der Waals surface area contributed by atoms with Crippen LogP contribution in [0.4, 0.5) is 0 Å². The van der Waals surface area contributed by atoms with Crippen molar-refractivity contribution in [3.05, 3.63) is 102 Å². The molecule has 0 aliphatic rings. The van der Waals surface area contributed by atoms with E-state index in [-0.39, 0.29) is 0 Å².